The van der Waals surface area contributed by atoms with Crippen LogP contribution in [0.3, 0.4) is 0 Å². The first-order chi connectivity index (χ1) is 18.3. The van der Waals surface area contributed by atoms with E-state index in [1.807, 2.05) is 0 Å². The molecule has 0 bridgehead atoms. The van der Waals surface area contributed by atoms with Crippen LogP contribution in [0.1, 0.15) is 29.3 Å². The number of carbonyl (C=O) groups is 3. The average molecular weight is 533 g/mol. The predicted octanol–water partition coefficient (Wildman–Crippen LogP) is 4.14. The fraction of sp³-hybridized carbons (Fsp3) is 0.148. The highest BCUT2D eigenvalue weighted by molar-refractivity contribution is 8.16. The number of nitrogens with one attached hydrogen (secondary N) is 1. The number of rotatable bonds is 8. The van der Waals surface area contributed by atoms with Crippen molar-refractivity contribution in [2.45, 2.75) is 18.6 Å². The van der Waals surface area contributed by atoms with Gasteiger partial charge < -0.3 is 20.3 Å². The number of thioether (sulfide) groups is 1. The molecule has 3 aromatic rings. The summed E-state index contributed by atoms with van der Waals surface area (Å²) in [5, 5.41) is 29.6. The van der Waals surface area contributed by atoms with Gasteiger partial charge in [0.25, 0.3) is 0 Å². The smallest absolute Gasteiger partial charge is 0.338 e. The first-order valence-electron chi connectivity index (χ1n) is 11.6. The Morgan fingerprint density at radius 3 is 2.26 bits per heavy atom. The molecule has 4 rings (SSSR count). The molecular weight excluding hydrogens is 508 g/mol. The van der Waals surface area contributed by atoms with Gasteiger partial charge >= 0.3 is 5.97 Å². The molecular formula is C27H24N4O6S. The summed E-state index contributed by atoms with van der Waals surface area (Å²) in [5.74, 6) is -1.03. The minimum atomic E-state index is -0.759. The fourth-order valence-corrected chi connectivity index (χ4v) is 4.59. The van der Waals surface area contributed by atoms with E-state index in [2.05, 4.69) is 15.5 Å². The first kappa shape index (κ1) is 26.4. The molecule has 11 heteroatoms. The van der Waals surface area contributed by atoms with Crippen molar-refractivity contribution in [3.63, 3.8) is 0 Å². The number of phenolic OH excluding ortho intramolecular Hbond substituents is 2. The van der Waals surface area contributed by atoms with E-state index in [0.29, 0.717) is 22.5 Å². The minimum absolute atomic E-state index is 0.0433. The molecule has 3 aromatic carbocycles. The van der Waals surface area contributed by atoms with Gasteiger partial charge in [0.2, 0.25) is 11.8 Å². The molecule has 10 nitrogen and oxygen atoms in total. The molecule has 1 saturated heterocycles. The number of ether oxygens (including phenoxy) is 1. The van der Waals surface area contributed by atoms with Gasteiger partial charge in [0.15, 0.2) is 5.17 Å². The molecule has 0 spiro atoms. The monoisotopic (exact) mass is 532 g/mol. The molecule has 1 aliphatic heterocycles. The van der Waals surface area contributed by atoms with Gasteiger partial charge in [0, 0.05) is 12.1 Å². The highest BCUT2D eigenvalue weighted by Crippen LogP contribution is 2.34. The van der Waals surface area contributed by atoms with E-state index in [1.54, 1.807) is 55.5 Å². The van der Waals surface area contributed by atoms with E-state index in [4.69, 9.17) is 4.74 Å². The maximum atomic E-state index is 13.3. The van der Waals surface area contributed by atoms with Crippen LogP contribution >= 0.6 is 11.8 Å². The largest absolute Gasteiger partial charge is 0.508 e. The third-order valence-corrected chi connectivity index (χ3v) is 6.46. The molecule has 0 aliphatic carbocycles. The third kappa shape index (κ3) is 6.56. The summed E-state index contributed by atoms with van der Waals surface area (Å²) >= 11 is 1.10. The number of anilines is 2. The number of hydrogen-bond acceptors (Lipinski definition) is 9. The molecule has 2 amide bonds. The Kier molecular flexibility index (Phi) is 8.39. The Morgan fingerprint density at radius 1 is 1.00 bits per heavy atom. The second-order valence-corrected chi connectivity index (χ2v) is 9.24. The summed E-state index contributed by atoms with van der Waals surface area (Å²) in [6.45, 7) is 1.98. The van der Waals surface area contributed by atoms with E-state index < -0.39 is 11.2 Å². The van der Waals surface area contributed by atoms with Crippen LogP contribution in [-0.2, 0) is 14.3 Å². The normalized spacial score (nSPS) is 16.2. The number of hydrogen-bond donors (Lipinski definition) is 3. The van der Waals surface area contributed by atoms with E-state index >= 15 is 0 Å². The Hall–Kier alpha value is -4.64. The molecule has 0 radical (unpaired) electrons. The van der Waals surface area contributed by atoms with E-state index in [9.17, 15) is 24.6 Å². The highest BCUT2D eigenvalue weighted by atomic mass is 32.2. The molecule has 0 saturated carbocycles. The van der Waals surface area contributed by atoms with Crippen LogP contribution in [0, 0.1) is 0 Å². The SMILES string of the molecule is CCOC(=O)c1ccc(NC(=O)CC2SC(=NN=Cc3ccc(O)cc3)N(c3ccc(O)cc3)C2=O)cc1. The fourth-order valence-electron chi connectivity index (χ4n) is 3.50. The van der Waals surface area contributed by atoms with Crippen LogP contribution in [0.4, 0.5) is 11.4 Å². The molecule has 1 heterocycles. The maximum Gasteiger partial charge on any atom is 0.338 e. The summed E-state index contributed by atoms with van der Waals surface area (Å²) in [4.78, 5) is 39.2. The van der Waals surface area contributed by atoms with Gasteiger partial charge in [0.05, 0.1) is 24.1 Å². The van der Waals surface area contributed by atoms with Crippen molar-refractivity contribution in [3.8, 4) is 11.5 Å². The summed E-state index contributed by atoms with van der Waals surface area (Å²) < 4.78 is 4.95. The zero-order valence-corrected chi connectivity index (χ0v) is 21.1. The molecule has 194 valence electrons. The Labute approximate surface area is 222 Å². The number of carbonyl (C=O) groups excluding carboxylic acids is 3. The number of amidine groups is 1. The van der Waals surface area contributed by atoms with Crippen molar-refractivity contribution in [1.29, 1.82) is 0 Å². The summed E-state index contributed by atoms with van der Waals surface area (Å²) in [6, 6.07) is 18.7. The zero-order chi connectivity index (χ0) is 27.1. The van der Waals surface area contributed by atoms with Gasteiger partial charge in [0.1, 0.15) is 16.7 Å². The van der Waals surface area contributed by atoms with Gasteiger partial charge in [-0.3, -0.25) is 14.5 Å². The summed E-state index contributed by atoms with van der Waals surface area (Å²) in [5.41, 5.74) is 2.00. The Balaban J connectivity index is 1.48. The van der Waals surface area contributed by atoms with Crippen LogP contribution in [0.15, 0.2) is 83.0 Å². The summed E-state index contributed by atoms with van der Waals surface area (Å²) in [6.07, 6.45) is 1.35. The number of benzene rings is 3. The number of esters is 1. The lowest BCUT2D eigenvalue weighted by molar-refractivity contribution is -0.121. The molecule has 1 aliphatic rings. The maximum absolute atomic E-state index is 13.3. The number of phenols is 2. The van der Waals surface area contributed by atoms with Crippen LogP contribution in [0.25, 0.3) is 0 Å². The lowest BCUT2D eigenvalue weighted by Gasteiger charge is -2.16. The van der Waals surface area contributed by atoms with Crippen molar-refractivity contribution in [2.24, 2.45) is 10.2 Å². The Morgan fingerprint density at radius 2 is 1.63 bits per heavy atom. The zero-order valence-electron chi connectivity index (χ0n) is 20.3. The van der Waals surface area contributed by atoms with E-state index in [-0.39, 0.29) is 41.5 Å². The third-order valence-electron chi connectivity index (χ3n) is 5.34. The topological polar surface area (TPSA) is 141 Å². The van der Waals surface area contributed by atoms with Gasteiger partial charge in [-0.15, -0.1) is 5.10 Å². The quantitative estimate of drug-likeness (QED) is 0.225. The summed E-state index contributed by atoms with van der Waals surface area (Å²) in [7, 11) is 0. The van der Waals surface area contributed by atoms with Gasteiger partial charge in [-0.25, -0.2) is 4.79 Å². The Bertz CT molecular complexity index is 1370. The molecule has 3 N–H and O–H groups in total. The van der Waals surface area contributed by atoms with Crippen molar-refractivity contribution < 1.29 is 29.3 Å². The first-order valence-corrected chi connectivity index (χ1v) is 12.5. The standard InChI is InChI=1S/C27H24N4O6S/c1-2-37-26(36)18-5-7-19(8-6-18)29-24(34)15-23-25(35)31(20-9-13-22(33)14-10-20)27(38-23)30-28-16-17-3-11-21(32)12-4-17/h3-14,16,23,32-33H,2,15H2,1H3,(H,29,34). The number of amides is 2. The van der Waals surface area contributed by atoms with Gasteiger partial charge in [-0.05, 0) is 85.3 Å². The van der Waals surface area contributed by atoms with Crippen molar-refractivity contribution in [3.05, 3.63) is 83.9 Å². The molecule has 1 atom stereocenters. The minimum Gasteiger partial charge on any atom is -0.508 e. The lowest BCUT2D eigenvalue weighted by Crippen LogP contribution is -2.33. The highest BCUT2D eigenvalue weighted by Gasteiger charge is 2.40. The van der Waals surface area contributed by atoms with Crippen molar-refractivity contribution in [2.75, 3.05) is 16.8 Å². The molecule has 1 unspecified atom stereocenters. The van der Waals surface area contributed by atoms with Gasteiger partial charge in [-0.1, -0.05) is 11.8 Å². The predicted molar refractivity (Wildman–Crippen MR) is 146 cm³/mol. The van der Waals surface area contributed by atoms with E-state index in [1.165, 1.54) is 35.4 Å². The van der Waals surface area contributed by atoms with Crippen molar-refractivity contribution in [1.82, 2.24) is 0 Å². The second-order valence-electron chi connectivity index (χ2n) is 8.07. The number of nitrogens with zero attached hydrogens (tertiary/aromatic N) is 3. The van der Waals surface area contributed by atoms with Crippen LogP contribution in [0.2, 0.25) is 0 Å². The van der Waals surface area contributed by atoms with Gasteiger partial charge in [-0.2, -0.15) is 5.10 Å². The van der Waals surface area contributed by atoms with Crippen molar-refractivity contribution >= 4 is 52.3 Å². The lowest BCUT2D eigenvalue weighted by atomic mass is 10.2. The molecule has 1 fully saturated rings. The van der Waals surface area contributed by atoms with Crippen LogP contribution in [0.5, 0.6) is 11.5 Å². The van der Waals surface area contributed by atoms with Crippen LogP contribution < -0.4 is 10.2 Å². The average Bonchev–Trinajstić information content (AvgIpc) is 3.20. The number of aromatic hydroxyl groups is 2. The van der Waals surface area contributed by atoms with E-state index in [0.717, 1.165) is 11.8 Å². The second kappa shape index (κ2) is 12.1. The molecule has 38 heavy (non-hydrogen) atoms. The molecule has 0 aromatic heterocycles. The van der Waals surface area contributed by atoms with Crippen LogP contribution in [-0.4, -0.2) is 51.2 Å².